The quantitative estimate of drug-likeness (QED) is 0.137. The summed E-state index contributed by atoms with van der Waals surface area (Å²) in [5, 5.41) is 18.3. The van der Waals surface area contributed by atoms with Crippen LogP contribution in [0.2, 0.25) is 0 Å². The minimum atomic E-state index is -1.23. The number of carboxylic acids is 1. The molecule has 0 fully saturated rings. The number of para-hydroxylation sites is 1. The predicted molar refractivity (Wildman–Crippen MR) is 157 cm³/mol. The van der Waals surface area contributed by atoms with Crippen LogP contribution in [0.4, 0.5) is 0 Å². The first-order valence-electron chi connectivity index (χ1n) is 13.7. The number of fused-ring (bicyclic) bond motifs is 1. The van der Waals surface area contributed by atoms with E-state index in [1.165, 1.54) is 0 Å². The summed E-state index contributed by atoms with van der Waals surface area (Å²) < 4.78 is 0. The average Bonchev–Trinajstić information content (AvgIpc) is 3.36. The Bertz CT molecular complexity index is 1410. The maximum absolute atomic E-state index is 13.3. The minimum absolute atomic E-state index is 0.0479. The van der Waals surface area contributed by atoms with Crippen molar-refractivity contribution in [2.24, 2.45) is 17.4 Å². The number of carbonyl (C=O) groups is 5. The summed E-state index contributed by atoms with van der Waals surface area (Å²) in [4.78, 5) is 66.0. The van der Waals surface area contributed by atoms with E-state index >= 15 is 0 Å². The van der Waals surface area contributed by atoms with Crippen molar-refractivity contribution in [1.29, 1.82) is 0 Å². The summed E-state index contributed by atoms with van der Waals surface area (Å²) >= 11 is 0. The molecule has 0 saturated carbocycles. The summed E-state index contributed by atoms with van der Waals surface area (Å²) in [6.07, 6.45) is 1.68. The van der Waals surface area contributed by atoms with Gasteiger partial charge in [-0.05, 0) is 36.0 Å². The van der Waals surface area contributed by atoms with Gasteiger partial charge in [-0.3, -0.25) is 19.2 Å². The molecule has 1 aromatic heterocycles. The van der Waals surface area contributed by atoms with Crippen LogP contribution in [0.3, 0.4) is 0 Å². The van der Waals surface area contributed by atoms with Crippen molar-refractivity contribution in [3.8, 4) is 0 Å². The number of carboxylic acid groups (broad SMARTS) is 1. The van der Waals surface area contributed by atoms with Gasteiger partial charge in [-0.2, -0.15) is 0 Å². The zero-order valence-electron chi connectivity index (χ0n) is 23.6. The van der Waals surface area contributed by atoms with Crippen molar-refractivity contribution in [2.75, 3.05) is 0 Å². The number of hydrogen-bond donors (Lipinski definition) is 7. The van der Waals surface area contributed by atoms with Gasteiger partial charge in [-0.25, -0.2) is 4.79 Å². The summed E-state index contributed by atoms with van der Waals surface area (Å²) in [6.45, 7) is 3.37. The molecule has 0 radical (unpaired) electrons. The number of amides is 4. The third-order valence-corrected chi connectivity index (χ3v) is 6.91. The van der Waals surface area contributed by atoms with E-state index in [0.29, 0.717) is 5.56 Å². The highest BCUT2D eigenvalue weighted by molar-refractivity contribution is 5.95. The summed E-state index contributed by atoms with van der Waals surface area (Å²) in [5.41, 5.74) is 13.9. The Labute approximate surface area is 243 Å². The zero-order chi connectivity index (χ0) is 30.8. The fourth-order valence-electron chi connectivity index (χ4n) is 4.56. The first kappa shape index (κ1) is 31.8. The number of aromatic nitrogens is 1. The first-order valence-corrected chi connectivity index (χ1v) is 13.7. The molecule has 4 unspecified atom stereocenters. The molecule has 0 aliphatic carbocycles. The van der Waals surface area contributed by atoms with Crippen molar-refractivity contribution in [3.63, 3.8) is 0 Å². The molecule has 2 aromatic carbocycles. The molecule has 0 spiro atoms. The lowest BCUT2D eigenvalue weighted by Gasteiger charge is -2.27. The van der Waals surface area contributed by atoms with E-state index in [-0.39, 0.29) is 25.7 Å². The number of aromatic amines is 1. The monoisotopic (exact) mass is 578 g/mol. The third kappa shape index (κ3) is 8.90. The SMILES string of the molecule is CC(C)C(NC(=O)C(CCC(N)=O)NC(=O)C(N)Cc1c[nH]c2ccccc12)C(=O)NC(Cc1ccccc1)C(=O)O. The largest absolute Gasteiger partial charge is 0.480 e. The number of aliphatic carboxylic acids is 1. The molecule has 12 nitrogen and oxygen atoms in total. The molecule has 0 aliphatic heterocycles. The maximum Gasteiger partial charge on any atom is 0.326 e. The Hall–Kier alpha value is -4.71. The van der Waals surface area contributed by atoms with Gasteiger partial charge in [0.2, 0.25) is 23.6 Å². The molecule has 42 heavy (non-hydrogen) atoms. The van der Waals surface area contributed by atoms with Gasteiger partial charge in [-0.15, -0.1) is 0 Å². The summed E-state index contributed by atoms with van der Waals surface area (Å²) in [5.74, 6) is -4.38. The number of nitrogens with one attached hydrogen (secondary N) is 4. The molecule has 224 valence electrons. The van der Waals surface area contributed by atoms with Crippen LogP contribution in [0, 0.1) is 5.92 Å². The van der Waals surface area contributed by atoms with Crippen LogP contribution < -0.4 is 27.4 Å². The molecule has 3 rings (SSSR count). The van der Waals surface area contributed by atoms with Crippen LogP contribution in [0.25, 0.3) is 10.9 Å². The molecule has 3 aromatic rings. The lowest BCUT2D eigenvalue weighted by atomic mass is 10.00. The highest BCUT2D eigenvalue weighted by Gasteiger charge is 2.32. The Kier molecular flexibility index (Phi) is 11.2. The van der Waals surface area contributed by atoms with E-state index < -0.39 is 59.7 Å². The second-order valence-electron chi connectivity index (χ2n) is 10.6. The van der Waals surface area contributed by atoms with Gasteiger partial charge in [0, 0.05) is 29.9 Å². The fraction of sp³-hybridized carbons (Fsp3) is 0.367. The third-order valence-electron chi connectivity index (χ3n) is 6.91. The van der Waals surface area contributed by atoms with Gasteiger partial charge in [0.05, 0.1) is 6.04 Å². The van der Waals surface area contributed by atoms with Crippen LogP contribution in [0.15, 0.2) is 60.8 Å². The number of benzene rings is 2. The second kappa shape index (κ2) is 14.8. The molecule has 0 saturated heterocycles. The van der Waals surface area contributed by atoms with Crippen LogP contribution in [-0.4, -0.2) is 63.9 Å². The second-order valence-corrected chi connectivity index (χ2v) is 10.6. The van der Waals surface area contributed by atoms with E-state index in [1.807, 2.05) is 24.3 Å². The zero-order valence-corrected chi connectivity index (χ0v) is 23.6. The predicted octanol–water partition coefficient (Wildman–Crippen LogP) is 0.741. The van der Waals surface area contributed by atoms with E-state index in [0.717, 1.165) is 16.5 Å². The number of rotatable bonds is 15. The molecule has 0 aliphatic rings. The Morgan fingerprint density at radius 1 is 0.833 bits per heavy atom. The molecular formula is C30H38N6O6. The highest BCUT2D eigenvalue weighted by atomic mass is 16.4. The van der Waals surface area contributed by atoms with Crippen LogP contribution in [-0.2, 0) is 36.8 Å². The smallest absolute Gasteiger partial charge is 0.326 e. The standard InChI is InChI=1S/C30H38N6O6/c1-17(2)26(29(40)35-24(30(41)42)14-18-8-4-3-5-9-18)36-28(39)23(12-13-25(32)37)34-27(38)21(31)15-19-16-33-22-11-7-6-10-20(19)22/h3-11,16-17,21,23-24,26,33H,12-15,31H2,1-2H3,(H2,32,37)(H,34,38)(H,35,40)(H,36,39)(H,41,42). The normalized spacial score (nSPS) is 14.0. The van der Waals surface area contributed by atoms with E-state index in [1.54, 1.807) is 50.4 Å². The van der Waals surface area contributed by atoms with Crippen molar-refractivity contribution in [1.82, 2.24) is 20.9 Å². The Morgan fingerprint density at radius 2 is 1.48 bits per heavy atom. The molecule has 9 N–H and O–H groups in total. The number of primary amides is 1. The van der Waals surface area contributed by atoms with Gasteiger partial charge >= 0.3 is 5.97 Å². The van der Waals surface area contributed by atoms with Crippen molar-refractivity contribution < 1.29 is 29.1 Å². The van der Waals surface area contributed by atoms with Crippen LogP contribution >= 0.6 is 0 Å². The van der Waals surface area contributed by atoms with Crippen molar-refractivity contribution in [2.45, 2.75) is 63.7 Å². The topological polar surface area (TPSA) is 209 Å². The van der Waals surface area contributed by atoms with Crippen molar-refractivity contribution in [3.05, 3.63) is 71.9 Å². The molecule has 4 amide bonds. The molecular weight excluding hydrogens is 540 g/mol. The molecule has 0 bridgehead atoms. The maximum atomic E-state index is 13.3. The van der Waals surface area contributed by atoms with E-state index in [4.69, 9.17) is 11.5 Å². The van der Waals surface area contributed by atoms with Gasteiger partial charge in [0.15, 0.2) is 0 Å². The molecule has 12 heteroatoms. The van der Waals surface area contributed by atoms with Gasteiger partial charge in [-0.1, -0.05) is 62.4 Å². The van der Waals surface area contributed by atoms with Crippen molar-refractivity contribution >= 4 is 40.5 Å². The molecule has 4 atom stereocenters. The minimum Gasteiger partial charge on any atom is -0.480 e. The average molecular weight is 579 g/mol. The lowest BCUT2D eigenvalue weighted by molar-refractivity contribution is -0.142. The van der Waals surface area contributed by atoms with Crippen LogP contribution in [0.5, 0.6) is 0 Å². The number of hydrogen-bond acceptors (Lipinski definition) is 6. The first-order chi connectivity index (χ1) is 20.0. The summed E-state index contributed by atoms with van der Waals surface area (Å²) in [7, 11) is 0. The van der Waals surface area contributed by atoms with Crippen LogP contribution in [0.1, 0.15) is 37.8 Å². The Morgan fingerprint density at radius 3 is 2.12 bits per heavy atom. The number of H-pyrrole nitrogens is 1. The van der Waals surface area contributed by atoms with Gasteiger partial charge in [0.25, 0.3) is 0 Å². The van der Waals surface area contributed by atoms with Gasteiger partial charge in [0.1, 0.15) is 18.1 Å². The molecule has 1 heterocycles. The number of carbonyl (C=O) groups excluding carboxylic acids is 4. The van der Waals surface area contributed by atoms with E-state index in [9.17, 15) is 29.1 Å². The van der Waals surface area contributed by atoms with E-state index in [2.05, 4.69) is 20.9 Å². The lowest BCUT2D eigenvalue weighted by Crippen LogP contribution is -2.58. The van der Waals surface area contributed by atoms with Gasteiger partial charge < -0.3 is 37.5 Å². The number of nitrogens with two attached hydrogens (primary N) is 2. The highest BCUT2D eigenvalue weighted by Crippen LogP contribution is 2.19. The fourth-order valence-corrected chi connectivity index (χ4v) is 4.56. The Balaban J connectivity index is 1.69. The summed E-state index contributed by atoms with van der Waals surface area (Å²) in [6, 6.07) is 11.8.